The van der Waals surface area contributed by atoms with Crippen molar-refractivity contribution < 1.29 is 0 Å². The molecule has 0 saturated heterocycles. The Morgan fingerprint density at radius 1 is 1.24 bits per heavy atom. The number of fused-ring (bicyclic) bond motifs is 1. The third kappa shape index (κ3) is 3.04. The van der Waals surface area contributed by atoms with Crippen molar-refractivity contribution in [3.63, 3.8) is 0 Å². The van der Waals surface area contributed by atoms with Crippen molar-refractivity contribution >= 4 is 16.7 Å². The first-order valence-corrected chi connectivity index (χ1v) is 8.04. The van der Waals surface area contributed by atoms with Gasteiger partial charge in [0, 0.05) is 17.5 Å². The van der Waals surface area contributed by atoms with Crippen LogP contribution in [0, 0.1) is 5.41 Å². The molecule has 0 spiro atoms. The topological polar surface area (TPSA) is 42.7 Å². The number of nitrogens with zero attached hydrogens (tertiary/aromatic N) is 3. The van der Waals surface area contributed by atoms with E-state index < -0.39 is 0 Å². The first-order chi connectivity index (χ1) is 9.94. The second-order valence-corrected chi connectivity index (χ2v) is 7.40. The Bertz CT molecular complexity index is 617. The number of nitrogens with one attached hydrogen (secondary N) is 1. The van der Waals surface area contributed by atoms with Crippen LogP contribution in [0.3, 0.4) is 0 Å². The molecule has 1 N–H and O–H groups in total. The molecule has 0 amide bonds. The summed E-state index contributed by atoms with van der Waals surface area (Å²) < 4.78 is 1.97. The van der Waals surface area contributed by atoms with E-state index >= 15 is 0 Å². The van der Waals surface area contributed by atoms with E-state index in [0.29, 0.717) is 17.5 Å². The van der Waals surface area contributed by atoms with Gasteiger partial charge in [-0.25, -0.2) is 9.67 Å². The van der Waals surface area contributed by atoms with Crippen LogP contribution < -0.4 is 5.32 Å². The van der Waals surface area contributed by atoms with Crippen LogP contribution in [0.2, 0.25) is 0 Å². The van der Waals surface area contributed by atoms with Gasteiger partial charge in [-0.15, -0.1) is 0 Å². The molecule has 21 heavy (non-hydrogen) atoms. The van der Waals surface area contributed by atoms with Crippen molar-refractivity contribution in [3.8, 4) is 0 Å². The van der Waals surface area contributed by atoms with Gasteiger partial charge >= 0.3 is 0 Å². The second-order valence-electron chi connectivity index (χ2n) is 7.40. The van der Waals surface area contributed by atoms with E-state index in [0.717, 1.165) is 16.7 Å². The lowest BCUT2D eigenvalue weighted by molar-refractivity contribution is 0.232. The van der Waals surface area contributed by atoms with Gasteiger partial charge in [0.25, 0.3) is 0 Å². The summed E-state index contributed by atoms with van der Waals surface area (Å²) in [6.45, 7) is 9.00. The summed E-state index contributed by atoms with van der Waals surface area (Å²) >= 11 is 0. The first-order valence-electron chi connectivity index (χ1n) is 8.04. The van der Waals surface area contributed by atoms with Gasteiger partial charge in [0.2, 0.25) is 0 Å². The number of rotatable bonds is 3. The summed E-state index contributed by atoms with van der Waals surface area (Å²) in [5, 5.41) is 9.19. The number of hydrogen-bond donors (Lipinski definition) is 1. The Labute approximate surface area is 126 Å². The summed E-state index contributed by atoms with van der Waals surface area (Å²) in [6.07, 6.45) is 8.95. The molecule has 0 aliphatic heterocycles. The van der Waals surface area contributed by atoms with Gasteiger partial charge in [-0.1, -0.05) is 13.8 Å². The van der Waals surface area contributed by atoms with Crippen LogP contribution in [0.1, 0.15) is 59.4 Å². The predicted molar refractivity (Wildman–Crippen MR) is 87.6 cm³/mol. The largest absolute Gasteiger partial charge is 0.381 e. The SMILES string of the molecule is CC(C)n1ncc2cc(NC3CCC(C)(C)CC3)cnc21. The molecule has 0 radical (unpaired) electrons. The molecule has 4 heteroatoms. The van der Waals surface area contributed by atoms with Crippen molar-refractivity contribution in [1.82, 2.24) is 14.8 Å². The lowest BCUT2D eigenvalue weighted by Crippen LogP contribution is -2.29. The molecule has 0 atom stereocenters. The van der Waals surface area contributed by atoms with Gasteiger partial charge in [-0.2, -0.15) is 5.10 Å². The average molecular weight is 286 g/mol. The Balaban J connectivity index is 1.74. The zero-order valence-corrected chi connectivity index (χ0v) is 13.6. The number of pyridine rings is 1. The van der Waals surface area contributed by atoms with Crippen LogP contribution in [0.5, 0.6) is 0 Å². The van der Waals surface area contributed by atoms with Gasteiger partial charge in [-0.05, 0) is 51.0 Å². The highest BCUT2D eigenvalue weighted by molar-refractivity contribution is 5.78. The number of aromatic nitrogens is 3. The van der Waals surface area contributed by atoms with E-state index in [1.54, 1.807) is 0 Å². The Morgan fingerprint density at radius 2 is 1.95 bits per heavy atom. The van der Waals surface area contributed by atoms with Crippen LogP contribution >= 0.6 is 0 Å². The van der Waals surface area contributed by atoms with E-state index in [1.165, 1.54) is 25.7 Å². The zero-order valence-electron chi connectivity index (χ0n) is 13.6. The van der Waals surface area contributed by atoms with Gasteiger partial charge in [-0.3, -0.25) is 0 Å². The minimum atomic E-state index is 0.342. The maximum absolute atomic E-state index is 4.59. The fraction of sp³-hybridized carbons (Fsp3) is 0.647. The lowest BCUT2D eigenvalue weighted by atomic mass is 9.75. The molecule has 1 aliphatic carbocycles. The third-order valence-electron chi connectivity index (χ3n) is 4.63. The quantitative estimate of drug-likeness (QED) is 0.909. The standard InChI is InChI=1S/C17H26N4/c1-12(2)21-16-13(10-19-21)9-15(11-18-16)20-14-5-7-17(3,4)8-6-14/h9-12,14,20H,5-8H2,1-4H3. The van der Waals surface area contributed by atoms with Gasteiger partial charge in [0.15, 0.2) is 5.65 Å². The summed E-state index contributed by atoms with van der Waals surface area (Å²) in [4.78, 5) is 4.59. The van der Waals surface area contributed by atoms with Gasteiger partial charge in [0.05, 0.1) is 18.1 Å². The molecule has 1 saturated carbocycles. The minimum absolute atomic E-state index is 0.342. The molecule has 114 valence electrons. The van der Waals surface area contributed by atoms with Crippen LogP contribution in [0.4, 0.5) is 5.69 Å². The van der Waals surface area contributed by atoms with E-state index in [9.17, 15) is 0 Å². The predicted octanol–water partition coefficient (Wildman–Crippen LogP) is 4.39. The highest BCUT2D eigenvalue weighted by Crippen LogP contribution is 2.36. The van der Waals surface area contributed by atoms with Crippen molar-refractivity contribution in [3.05, 3.63) is 18.5 Å². The molecule has 3 rings (SSSR count). The maximum atomic E-state index is 4.59. The van der Waals surface area contributed by atoms with Crippen LogP contribution in [0.15, 0.2) is 18.5 Å². The Hall–Kier alpha value is -1.58. The lowest BCUT2D eigenvalue weighted by Gasteiger charge is -2.35. The van der Waals surface area contributed by atoms with E-state index in [-0.39, 0.29) is 0 Å². The molecule has 1 aliphatic rings. The number of anilines is 1. The highest BCUT2D eigenvalue weighted by Gasteiger charge is 2.26. The third-order valence-corrected chi connectivity index (χ3v) is 4.63. The summed E-state index contributed by atoms with van der Waals surface area (Å²) in [7, 11) is 0. The molecular weight excluding hydrogens is 260 g/mol. The highest BCUT2D eigenvalue weighted by atomic mass is 15.3. The van der Waals surface area contributed by atoms with Gasteiger partial charge in [0.1, 0.15) is 0 Å². The van der Waals surface area contributed by atoms with Gasteiger partial charge < -0.3 is 5.32 Å². The molecule has 1 fully saturated rings. The minimum Gasteiger partial charge on any atom is -0.381 e. The Morgan fingerprint density at radius 3 is 2.62 bits per heavy atom. The molecule has 0 unspecified atom stereocenters. The van der Waals surface area contributed by atoms with Crippen molar-refractivity contribution in [2.24, 2.45) is 5.41 Å². The maximum Gasteiger partial charge on any atom is 0.158 e. The second kappa shape index (κ2) is 5.32. The molecule has 0 aromatic carbocycles. The molecule has 2 aromatic heterocycles. The van der Waals surface area contributed by atoms with E-state index in [2.05, 4.69) is 49.2 Å². The van der Waals surface area contributed by atoms with Crippen LogP contribution in [-0.4, -0.2) is 20.8 Å². The van der Waals surface area contributed by atoms with Crippen molar-refractivity contribution in [1.29, 1.82) is 0 Å². The monoisotopic (exact) mass is 286 g/mol. The van der Waals surface area contributed by atoms with Crippen molar-refractivity contribution in [2.75, 3.05) is 5.32 Å². The van der Waals surface area contributed by atoms with E-state index in [4.69, 9.17) is 0 Å². The van der Waals surface area contributed by atoms with Crippen molar-refractivity contribution in [2.45, 2.75) is 65.5 Å². The Kier molecular flexibility index (Phi) is 3.64. The average Bonchev–Trinajstić information content (AvgIpc) is 2.84. The molecule has 0 bridgehead atoms. The summed E-state index contributed by atoms with van der Waals surface area (Å²) in [5.74, 6) is 0. The molecule has 2 heterocycles. The number of hydrogen-bond acceptors (Lipinski definition) is 3. The molecular formula is C17H26N4. The van der Waals surface area contributed by atoms with Crippen LogP contribution in [0.25, 0.3) is 11.0 Å². The fourth-order valence-corrected chi connectivity index (χ4v) is 3.18. The first kappa shape index (κ1) is 14.4. The molecule has 2 aromatic rings. The fourth-order valence-electron chi connectivity index (χ4n) is 3.18. The summed E-state index contributed by atoms with van der Waals surface area (Å²) in [5.41, 5.74) is 2.61. The normalized spacial score (nSPS) is 19.3. The molecule has 4 nitrogen and oxygen atoms in total. The smallest absolute Gasteiger partial charge is 0.158 e. The van der Waals surface area contributed by atoms with Crippen LogP contribution in [-0.2, 0) is 0 Å². The van der Waals surface area contributed by atoms with E-state index in [1.807, 2.05) is 17.1 Å². The summed E-state index contributed by atoms with van der Waals surface area (Å²) in [6, 6.07) is 3.10. The zero-order chi connectivity index (χ0) is 15.0.